The summed E-state index contributed by atoms with van der Waals surface area (Å²) in [6.07, 6.45) is 7.61. The van der Waals surface area contributed by atoms with E-state index in [1.54, 1.807) is 13.8 Å². The molecule has 2 N–H and O–H groups in total. The van der Waals surface area contributed by atoms with Gasteiger partial charge in [-0.15, -0.1) is 0 Å². The first kappa shape index (κ1) is 31.3. The number of aliphatic hydroxyl groups excluding tert-OH is 1. The second-order valence-corrected chi connectivity index (χ2v) is 17.5. The summed E-state index contributed by atoms with van der Waals surface area (Å²) in [5.41, 5.74) is -0.377. The zero-order valence-electron chi connectivity index (χ0n) is 28.3. The van der Waals surface area contributed by atoms with Gasteiger partial charge < -0.3 is 24.6 Å². The van der Waals surface area contributed by atoms with Crippen LogP contribution in [0.5, 0.6) is 0 Å². The molecule has 0 aromatic rings. The van der Waals surface area contributed by atoms with E-state index in [4.69, 9.17) is 9.47 Å². The van der Waals surface area contributed by atoms with E-state index in [-0.39, 0.29) is 22.9 Å². The summed E-state index contributed by atoms with van der Waals surface area (Å²) in [6, 6.07) is 0.661. The zero-order valence-corrected chi connectivity index (χ0v) is 28.3. The number of hydrogen-bond donors (Lipinski definition) is 2. The van der Waals surface area contributed by atoms with Crippen molar-refractivity contribution < 1.29 is 24.5 Å². The SMILES string of the molecule is CCN(CC)[C@H]1CC[C@]23C[C@]24CC[C@]2(C)[C@@H]5[C@H](O[C@@H]([C@H](OC(C)=O)C(C)(C)O)C[C@H]5C)[C@H](O)[C@@]2(C)[C@@H]4CC[C@H]3C1(C)C. The predicted molar refractivity (Wildman–Crippen MR) is 165 cm³/mol. The van der Waals surface area contributed by atoms with E-state index < -0.39 is 29.9 Å². The summed E-state index contributed by atoms with van der Waals surface area (Å²) < 4.78 is 12.5. The molecule has 6 fully saturated rings. The van der Waals surface area contributed by atoms with Gasteiger partial charge >= 0.3 is 5.97 Å². The minimum atomic E-state index is -1.23. The number of carbonyl (C=O) groups is 1. The van der Waals surface area contributed by atoms with Gasteiger partial charge in [0.05, 0.1) is 23.9 Å². The summed E-state index contributed by atoms with van der Waals surface area (Å²) >= 11 is 0. The lowest BCUT2D eigenvalue weighted by molar-refractivity contribution is -0.216. The molecule has 6 heteroatoms. The molecule has 1 aliphatic heterocycles. The third kappa shape index (κ3) is 3.79. The first-order chi connectivity index (χ1) is 19.5. The highest BCUT2D eigenvalue weighted by atomic mass is 16.6. The van der Waals surface area contributed by atoms with Crippen LogP contribution in [0.25, 0.3) is 0 Å². The molecule has 2 spiro atoms. The van der Waals surface area contributed by atoms with Crippen molar-refractivity contribution in [2.45, 2.75) is 157 Å². The molecular weight excluding hydrogens is 526 g/mol. The summed E-state index contributed by atoms with van der Waals surface area (Å²) in [7, 11) is 0. The van der Waals surface area contributed by atoms with Crippen molar-refractivity contribution in [3.63, 3.8) is 0 Å². The molecule has 5 saturated carbocycles. The first-order valence-electron chi connectivity index (χ1n) is 17.4. The van der Waals surface area contributed by atoms with Crippen LogP contribution in [0.4, 0.5) is 0 Å². The van der Waals surface area contributed by atoms with Crippen LogP contribution < -0.4 is 0 Å². The van der Waals surface area contributed by atoms with E-state index in [9.17, 15) is 15.0 Å². The minimum Gasteiger partial charge on any atom is -0.457 e. The van der Waals surface area contributed by atoms with Gasteiger partial charge in [0.25, 0.3) is 0 Å². The fourth-order valence-electron chi connectivity index (χ4n) is 13.7. The molecule has 1 saturated heterocycles. The summed E-state index contributed by atoms with van der Waals surface area (Å²) in [6.45, 7) is 24.1. The van der Waals surface area contributed by atoms with Gasteiger partial charge in [0.1, 0.15) is 0 Å². The highest BCUT2D eigenvalue weighted by molar-refractivity contribution is 5.66. The van der Waals surface area contributed by atoms with Gasteiger partial charge in [-0.05, 0) is 124 Å². The van der Waals surface area contributed by atoms with E-state index in [1.165, 1.54) is 45.4 Å². The average Bonchev–Trinajstić information content (AvgIpc) is 3.53. The van der Waals surface area contributed by atoms with Crippen molar-refractivity contribution in [3.8, 4) is 0 Å². The number of aliphatic hydroxyl groups is 2. The van der Waals surface area contributed by atoms with E-state index in [0.29, 0.717) is 34.1 Å². The van der Waals surface area contributed by atoms with Crippen LogP contribution in [0.15, 0.2) is 0 Å². The molecule has 0 amide bonds. The lowest BCUT2D eigenvalue weighted by atomic mass is 9.41. The van der Waals surface area contributed by atoms with E-state index in [2.05, 4.69) is 53.4 Å². The quantitative estimate of drug-likeness (QED) is 0.360. The highest BCUT2D eigenvalue weighted by Gasteiger charge is 2.84. The standard InChI is InChI=1S/C36H61NO5/c1-11-37(12-2)26-15-16-35-20-36(35)18-17-33(9)27-21(3)19-23(30(32(7,8)40)41-22(4)38)42-28(27)29(39)34(33,10)25(36)14-13-24(35)31(26,5)6/h21,23-30,39-40H,11-20H2,1-10H3/t21-,23-,24+,25+,26+,27+,28+,29+,30+,33-,34-,35-,36+/m1/s1. The zero-order chi connectivity index (χ0) is 30.8. The number of fused-ring (bicyclic) bond motifs is 4. The lowest BCUT2D eigenvalue weighted by Gasteiger charge is -2.64. The molecule has 6 nitrogen and oxygen atoms in total. The minimum absolute atomic E-state index is 0.00634. The normalized spacial score (nSPS) is 51.5. The molecule has 0 bridgehead atoms. The van der Waals surface area contributed by atoms with Crippen LogP contribution >= 0.6 is 0 Å². The molecule has 42 heavy (non-hydrogen) atoms. The third-order valence-corrected chi connectivity index (χ3v) is 15.4. The maximum atomic E-state index is 12.5. The van der Waals surface area contributed by atoms with Crippen LogP contribution in [-0.2, 0) is 14.3 Å². The Kier molecular flexibility index (Phi) is 7.20. The Bertz CT molecular complexity index is 1080. The second kappa shape index (κ2) is 9.66. The van der Waals surface area contributed by atoms with Crippen molar-refractivity contribution in [1.29, 1.82) is 0 Å². The lowest BCUT2D eigenvalue weighted by Crippen LogP contribution is -2.61. The molecule has 0 aromatic heterocycles. The van der Waals surface area contributed by atoms with Crippen molar-refractivity contribution in [1.82, 2.24) is 4.90 Å². The topological polar surface area (TPSA) is 79.2 Å². The Morgan fingerprint density at radius 1 is 1.02 bits per heavy atom. The maximum absolute atomic E-state index is 12.5. The van der Waals surface area contributed by atoms with Crippen molar-refractivity contribution >= 4 is 5.97 Å². The first-order valence-corrected chi connectivity index (χ1v) is 17.4. The van der Waals surface area contributed by atoms with Gasteiger partial charge in [0.15, 0.2) is 6.10 Å². The number of hydrogen-bond acceptors (Lipinski definition) is 6. The molecule has 1 heterocycles. The number of esters is 1. The van der Waals surface area contributed by atoms with Gasteiger partial charge in [0, 0.05) is 18.4 Å². The monoisotopic (exact) mass is 587 g/mol. The van der Waals surface area contributed by atoms with Gasteiger partial charge in [-0.3, -0.25) is 4.79 Å². The van der Waals surface area contributed by atoms with Crippen LogP contribution in [0.2, 0.25) is 0 Å². The third-order valence-electron chi connectivity index (χ3n) is 15.4. The Morgan fingerprint density at radius 3 is 2.24 bits per heavy atom. The highest BCUT2D eigenvalue weighted by Crippen LogP contribution is 2.89. The van der Waals surface area contributed by atoms with Crippen LogP contribution in [0, 0.1) is 50.7 Å². The van der Waals surface area contributed by atoms with E-state index in [0.717, 1.165) is 31.8 Å². The summed E-state index contributed by atoms with van der Waals surface area (Å²) in [5.74, 6) is 1.42. The maximum Gasteiger partial charge on any atom is 0.303 e. The predicted octanol–water partition coefficient (Wildman–Crippen LogP) is 6.21. The van der Waals surface area contributed by atoms with Crippen molar-refractivity contribution in [3.05, 3.63) is 0 Å². The Morgan fingerprint density at radius 2 is 1.64 bits per heavy atom. The van der Waals surface area contributed by atoms with Gasteiger partial charge in [0.2, 0.25) is 0 Å². The number of nitrogens with zero attached hydrogens (tertiary/aromatic N) is 1. The number of ether oxygens (including phenoxy) is 2. The molecule has 6 rings (SSSR count). The Hall–Kier alpha value is -0.690. The molecule has 240 valence electrons. The van der Waals surface area contributed by atoms with Gasteiger partial charge in [-0.25, -0.2) is 0 Å². The Labute approximate surface area is 255 Å². The molecule has 13 atom stereocenters. The average molecular weight is 588 g/mol. The van der Waals surface area contributed by atoms with Crippen LogP contribution in [0.3, 0.4) is 0 Å². The molecule has 6 aliphatic rings. The van der Waals surface area contributed by atoms with E-state index in [1.807, 2.05) is 0 Å². The number of rotatable bonds is 6. The van der Waals surface area contributed by atoms with E-state index >= 15 is 0 Å². The largest absolute Gasteiger partial charge is 0.457 e. The summed E-state index contributed by atoms with van der Waals surface area (Å²) in [5, 5.41) is 23.5. The smallest absolute Gasteiger partial charge is 0.303 e. The number of carbonyl (C=O) groups excluding carboxylic acids is 1. The Balaban J connectivity index is 1.32. The fourth-order valence-corrected chi connectivity index (χ4v) is 13.7. The molecule has 5 aliphatic carbocycles. The van der Waals surface area contributed by atoms with Crippen molar-refractivity contribution in [2.24, 2.45) is 50.7 Å². The van der Waals surface area contributed by atoms with Gasteiger partial charge in [-0.2, -0.15) is 0 Å². The van der Waals surface area contributed by atoms with Crippen molar-refractivity contribution in [2.75, 3.05) is 13.1 Å². The van der Waals surface area contributed by atoms with Crippen LogP contribution in [0.1, 0.15) is 121 Å². The van der Waals surface area contributed by atoms with Crippen LogP contribution in [-0.4, -0.2) is 70.2 Å². The second-order valence-electron chi connectivity index (χ2n) is 17.5. The fraction of sp³-hybridized carbons (Fsp3) is 0.972. The molecular formula is C36H61NO5. The summed E-state index contributed by atoms with van der Waals surface area (Å²) in [4.78, 5) is 14.8. The molecule has 0 radical (unpaired) electrons. The van der Waals surface area contributed by atoms with Gasteiger partial charge in [-0.1, -0.05) is 48.5 Å². The molecule has 0 unspecified atom stereocenters. The molecule has 0 aromatic carbocycles.